The Hall–Kier alpha value is -0.880. The van der Waals surface area contributed by atoms with Crippen LogP contribution in [0.3, 0.4) is 0 Å². The summed E-state index contributed by atoms with van der Waals surface area (Å²) in [5.41, 5.74) is 1.06. The lowest BCUT2D eigenvalue weighted by molar-refractivity contribution is 0.311. The minimum atomic E-state index is 0.371. The number of anilines is 2. The summed E-state index contributed by atoms with van der Waals surface area (Å²) in [6.07, 6.45) is 0. The van der Waals surface area contributed by atoms with Gasteiger partial charge in [-0.3, -0.25) is 0 Å². The molecule has 5 nitrogen and oxygen atoms in total. The Morgan fingerprint density at radius 3 is 2.32 bits per heavy atom. The van der Waals surface area contributed by atoms with Crippen LogP contribution < -0.4 is 10.2 Å². The van der Waals surface area contributed by atoms with Crippen LogP contribution in [-0.4, -0.2) is 55.1 Å². The van der Waals surface area contributed by atoms with Crippen molar-refractivity contribution in [2.45, 2.75) is 19.8 Å². The van der Waals surface area contributed by atoms with Crippen molar-refractivity contribution in [3.05, 3.63) is 10.2 Å². The summed E-state index contributed by atoms with van der Waals surface area (Å²) in [5, 5.41) is 3.14. The van der Waals surface area contributed by atoms with Crippen molar-refractivity contribution in [3.63, 3.8) is 0 Å². The number of rotatable bonds is 3. The van der Waals surface area contributed by atoms with Gasteiger partial charge < -0.3 is 15.1 Å². The van der Waals surface area contributed by atoms with Gasteiger partial charge in [0.1, 0.15) is 5.82 Å². The third-order valence-corrected chi connectivity index (χ3v) is 4.22. The Morgan fingerprint density at radius 2 is 1.79 bits per heavy atom. The lowest BCUT2D eigenvalue weighted by Crippen LogP contribution is -2.45. The maximum Gasteiger partial charge on any atom is 0.227 e. The molecule has 1 N–H and O–H groups in total. The van der Waals surface area contributed by atoms with Gasteiger partial charge in [0.15, 0.2) is 0 Å². The maximum atomic E-state index is 4.74. The van der Waals surface area contributed by atoms with Crippen molar-refractivity contribution >= 4 is 27.7 Å². The van der Waals surface area contributed by atoms with Gasteiger partial charge in [-0.1, -0.05) is 13.8 Å². The fraction of sp³-hybridized carbons (Fsp3) is 0.692. The van der Waals surface area contributed by atoms with Crippen molar-refractivity contribution < 1.29 is 0 Å². The molecule has 0 amide bonds. The predicted octanol–water partition coefficient (Wildman–Crippen LogP) is 2.16. The van der Waals surface area contributed by atoms with Gasteiger partial charge in [-0.25, -0.2) is 4.98 Å². The van der Waals surface area contributed by atoms with Crippen LogP contribution >= 0.6 is 15.9 Å². The second kappa shape index (κ2) is 6.05. The third-order valence-electron chi connectivity index (χ3n) is 3.43. The SMILES string of the molecule is CNc1nc(N2CCN(C)CC2)nc(C(C)C)c1Br. The van der Waals surface area contributed by atoms with Crippen LogP contribution in [0.1, 0.15) is 25.5 Å². The van der Waals surface area contributed by atoms with Crippen LogP contribution in [0.15, 0.2) is 4.47 Å². The molecule has 2 heterocycles. The molecule has 1 aliphatic heterocycles. The van der Waals surface area contributed by atoms with Crippen molar-refractivity contribution in [3.8, 4) is 0 Å². The summed E-state index contributed by atoms with van der Waals surface area (Å²) in [6.45, 7) is 8.40. The lowest BCUT2D eigenvalue weighted by Gasteiger charge is -2.33. The van der Waals surface area contributed by atoms with Gasteiger partial charge in [-0.05, 0) is 28.9 Å². The number of likely N-dealkylation sites (N-methyl/N-ethyl adjacent to an activating group) is 1. The minimum Gasteiger partial charge on any atom is -0.372 e. The van der Waals surface area contributed by atoms with E-state index in [9.17, 15) is 0 Å². The number of hydrogen-bond donors (Lipinski definition) is 1. The first-order valence-corrected chi connectivity index (χ1v) is 7.51. The lowest BCUT2D eigenvalue weighted by atomic mass is 10.1. The number of aromatic nitrogens is 2. The van der Waals surface area contributed by atoms with Crippen molar-refractivity contribution in [1.29, 1.82) is 0 Å². The predicted molar refractivity (Wildman–Crippen MR) is 83.1 cm³/mol. The van der Waals surface area contributed by atoms with E-state index in [2.05, 4.69) is 56.9 Å². The molecule has 1 fully saturated rings. The van der Waals surface area contributed by atoms with Crippen LogP contribution in [0.5, 0.6) is 0 Å². The summed E-state index contributed by atoms with van der Waals surface area (Å²) in [5.74, 6) is 2.08. The second-order valence-corrected chi connectivity index (χ2v) is 6.06. The fourth-order valence-corrected chi connectivity index (χ4v) is 2.98. The first kappa shape index (κ1) is 14.5. The Bertz CT molecular complexity index is 441. The van der Waals surface area contributed by atoms with E-state index >= 15 is 0 Å². The van der Waals surface area contributed by atoms with Crippen LogP contribution in [0.4, 0.5) is 11.8 Å². The van der Waals surface area contributed by atoms with Crippen LogP contribution in [0, 0.1) is 0 Å². The highest BCUT2D eigenvalue weighted by atomic mass is 79.9. The average Bonchev–Trinajstić information content (AvgIpc) is 2.39. The molecule has 0 unspecified atom stereocenters. The Balaban J connectivity index is 2.32. The molecule has 0 bridgehead atoms. The smallest absolute Gasteiger partial charge is 0.227 e. The molecule has 0 aliphatic carbocycles. The number of nitrogens with one attached hydrogen (secondary N) is 1. The zero-order valence-electron chi connectivity index (χ0n) is 12.1. The number of halogens is 1. The zero-order chi connectivity index (χ0) is 14.0. The molecule has 106 valence electrons. The molecule has 0 aromatic carbocycles. The van der Waals surface area contributed by atoms with E-state index in [0.717, 1.165) is 48.1 Å². The largest absolute Gasteiger partial charge is 0.372 e. The van der Waals surface area contributed by atoms with E-state index < -0.39 is 0 Å². The van der Waals surface area contributed by atoms with Crippen molar-refractivity contribution in [2.24, 2.45) is 0 Å². The number of hydrogen-bond acceptors (Lipinski definition) is 5. The van der Waals surface area contributed by atoms with Gasteiger partial charge in [0, 0.05) is 33.2 Å². The number of piperazine rings is 1. The molecular formula is C13H22BrN5. The normalized spacial score (nSPS) is 17.1. The summed E-state index contributed by atoms with van der Waals surface area (Å²) in [6, 6.07) is 0. The molecule has 19 heavy (non-hydrogen) atoms. The quantitative estimate of drug-likeness (QED) is 0.921. The fourth-order valence-electron chi connectivity index (χ4n) is 2.15. The molecule has 1 aromatic rings. The number of nitrogens with zero attached hydrogens (tertiary/aromatic N) is 4. The van der Waals surface area contributed by atoms with Crippen molar-refractivity contribution in [1.82, 2.24) is 14.9 Å². The van der Waals surface area contributed by atoms with Gasteiger partial charge in [0.25, 0.3) is 0 Å². The monoisotopic (exact) mass is 327 g/mol. The second-order valence-electron chi connectivity index (χ2n) is 5.27. The van der Waals surface area contributed by atoms with Crippen molar-refractivity contribution in [2.75, 3.05) is 50.5 Å². The average molecular weight is 328 g/mol. The molecule has 0 radical (unpaired) electrons. The van der Waals surface area contributed by atoms with E-state index in [1.807, 2.05) is 7.05 Å². The highest BCUT2D eigenvalue weighted by molar-refractivity contribution is 9.10. The molecule has 6 heteroatoms. The standard InChI is InChI=1S/C13H22BrN5/c1-9(2)11-10(14)12(15-3)17-13(16-11)19-7-5-18(4)6-8-19/h9H,5-8H2,1-4H3,(H,15,16,17). The molecular weight excluding hydrogens is 306 g/mol. The topological polar surface area (TPSA) is 44.3 Å². The first-order chi connectivity index (χ1) is 9.02. The van der Waals surface area contributed by atoms with Gasteiger partial charge in [-0.2, -0.15) is 4.98 Å². The highest BCUT2D eigenvalue weighted by Crippen LogP contribution is 2.30. The molecule has 0 atom stereocenters. The van der Waals surface area contributed by atoms with Gasteiger partial charge in [0.2, 0.25) is 5.95 Å². The molecule has 0 spiro atoms. The Morgan fingerprint density at radius 1 is 1.16 bits per heavy atom. The molecule has 1 aromatic heterocycles. The highest BCUT2D eigenvalue weighted by Gasteiger charge is 2.20. The molecule has 2 rings (SSSR count). The summed E-state index contributed by atoms with van der Waals surface area (Å²) in [7, 11) is 4.04. The summed E-state index contributed by atoms with van der Waals surface area (Å²) in [4.78, 5) is 14.0. The molecule has 0 saturated carbocycles. The van der Waals surface area contributed by atoms with E-state index in [1.54, 1.807) is 0 Å². The summed E-state index contributed by atoms with van der Waals surface area (Å²) >= 11 is 3.60. The van der Waals surface area contributed by atoms with Gasteiger partial charge in [-0.15, -0.1) is 0 Å². The van der Waals surface area contributed by atoms with Crippen LogP contribution in [0.2, 0.25) is 0 Å². The molecule has 1 saturated heterocycles. The Labute approximate surface area is 123 Å². The van der Waals surface area contributed by atoms with Crippen LogP contribution in [0.25, 0.3) is 0 Å². The minimum absolute atomic E-state index is 0.371. The zero-order valence-corrected chi connectivity index (χ0v) is 13.7. The Kier molecular flexibility index (Phi) is 4.62. The van der Waals surface area contributed by atoms with Gasteiger partial charge >= 0.3 is 0 Å². The van der Waals surface area contributed by atoms with Gasteiger partial charge in [0.05, 0.1) is 10.2 Å². The maximum absolute atomic E-state index is 4.74. The van der Waals surface area contributed by atoms with E-state index in [4.69, 9.17) is 4.98 Å². The van der Waals surface area contributed by atoms with E-state index in [-0.39, 0.29) is 0 Å². The first-order valence-electron chi connectivity index (χ1n) is 6.71. The molecule has 1 aliphatic rings. The van der Waals surface area contributed by atoms with Crippen LogP contribution in [-0.2, 0) is 0 Å². The summed E-state index contributed by atoms with van der Waals surface area (Å²) < 4.78 is 0.975. The third kappa shape index (κ3) is 3.17. The van der Waals surface area contributed by atoms with E-state index in [1.165, 1.54) is 0 Å². The van der Waals surface area contributed by atoms with E-state index in [0.29, 0.717) is 5.92 Å².